The molecular weight excluding hydrogens is 246 g/mol. The Hall–Kier alpha value is -0.990. The first-order chi connectivity index (χ1) is 8.47. The summed E-state index contributed by atoms with van der Waals surface area (Å²) >= 11 is 6.45. The molecule has 0 radical (unpaired) electrons. The number of aliphatic hydroxyl groups is 1. The molecular formula is C15H20ClNO. The minimum Gasteiger partial charge on any atom is -0.389 e. The number of fused-ring (bicyclic) bond motifs is 1. The van der Waals surface area contributed by atoms with Gasteiger partial charge in [0.25, 0.3) is 0 Å². The fourth-order valence-electron chi connectivity index (χ4n) is 2.69. The van der Waals surface area contributed by atoms with Gasteiger partial charge in [0.05, 0.1) is 11.6 Å². The second kappa shape index (κ2) is 4.94. The van der Waals surface area contributed by atoms with Gasteiger partial charge in [-0.25, -0.2) is 0 Å². The molecule has 0 aliphatic heterocycles. The quantitative estimate of drug-likeness (QED) is 0.876. The largest absolute Gasteiger partial charge is 0.389 e. The average Bonchev–Trinajstić information content (AvgIpc) is 2.54. The van der Waals surface area contributed by atoms with Gasteiger partial charge in [-0.2, -0.15) is 0 Å². The maximum absolute atomic E-state index is 9.98. The van der Waals surface area contributed by atoms with Gasteiger partial charge in [-0.05, 0) is 44.4 Å². The lowest BCUT2D eigenvalue weighted by Gasteiger charge is -2.06. The van der Waals surface area contributed by atoms with Crippen LogP contribution in [0.1, 0.15) is 43.1 Å². The Morgan fingerprint density at radius 2 is 2.00 bits per heavy atom. The number of hydrogen-bond donors (Lipinski definition) is 1. The Bertz CT molecular complexity index is 584. The first-order valence-electron chi connectivity index (χ1n) is 6.44. The van der Waals surface area contributed by atoms with Gasteiger partial charge < -0.3 is 9.67 Å². The van der Waals surface area contributed by atoms with Gasteiger partial charge in [0.2, 0.25) is 0 Å². The van der Waals surface area contributed by atoms with E-state index in [4.69, 9.17) is 11.6 Å². The zero-order valence-corrected chi connectivity index (χ0v) is 12.2. The molecule has 0 fully saturated rings. The van der Waals surface area contributed by atoms with Gasteiger partial charge in [-0.15, -0.1) is 0 Å². The average molecular weight is 266 g/mol. The summed E-state index contributed by atoms with van der Waals surface area (Å²) in [6.45, 7) is 8.95. The number of nitrogens with zero attached hydrogens (tertiary/aromatic N) is 1. The van der Waals surface area contributed by atoms with Gasteiger partial charge in [-0.1, -0.05) is 24.6 Å². The van der Waals surface area contributed by atoms with Gasteiger partial charge >= 0.3 is 0 Å². The summed E-state index contributed by atoms with van der Waals surface area (Å²) in [5.74, 6) is 0. The van der Waals surface area contributed by atoms with Gasteiger partial charge in [0.15, 0.2) is 0 Å². The predicted octanol–water partition coefficient (Wildman–Crippen LogP) is 4.37. The molecule has 1 N–H and O–H groups in total. The lowest BCUT2D eigenvalue weighted by molar-refractivity contribution is 0.200. The van der Waals surface area contributed by atoms with E-state index >= 15 is 0 Å². The van der Waals surface area contributed by atoms with Crippen molar-refractivity contribution in [1.82, 2.24) is 4.57 Å². The molecule has 0 bridgehead atoms. The topological polar surface area (TPSA) is 25.2 Å². The molecule has 0 amide bonds. The Morgan fingerprint density at radius 3 is 2.56 bits per heavy atom. The summed E-state index contributed by atoms with van der Waals surface area (Å²) in [4.78, 5) is 0. The minimum atomic E-state index is -0.542. The van der Waals surface area contributed by atoms with E-state index in [-0.39, 0.29) is 0 Å². The molecule has 0 aliphatic carbocycles. The van der Waals surface area contributed by atoms with Crippen molar-refractivity contribution in [2.24, 2.45) is 0 Å². The zero-order valence-electron chi connectivity index (χ0n) is 11.4. The molecule has 0 saturated heterocycles. The summed E-state index contributed by atoms with van der Waals surface area (Å²) in [6.07, 6.45) is 0.481. The molecule has 2 aromatic rings. The van der Waals surface area contributed by atoms with Crippen LogP contribution in [0.15, 0.2) is 12.1 Å². The van der Waals surface area contributed by atoms with Crippen molar-refractivity contribution in [3.05, 3.63) is 34.0 Å². The number of aliphatic hydroxyl groups excluding tert-OH is 1. The lowest BCUT2D eigenvalue weighted by Crippen LogP contribution is -1.97. The molecule has 2 nitrogen and oxygen atoms in total. The van der Waals surface area contributed by atoms with Gasteiger partial charge in [0, 0.05) is 17.5 Å². The van der Waals surface area contributed by atoms with Crippen molar-refractivity contribution in [1.29, 1.82) is 0 Å². The van der Waals surface area contributed by atoms with Crippen molar-refractivity contribution >= 4 is 22.5 Å². The molecule has 0 saturated carbocycles. The Balaban J connectivity index is 2.88. The number of rotatable bonds is 3. The van der Waals surface area contributed by atoms with Crippen LogP contribution in [0.5, 0.6) is 0 Å². The summed E-state index contributed by atoms with van der Waals surface area (Å²) in [6, 6.07) is 4.29. The molecule has 1 aromatic heterocycles. The molecule has 3 heteroatoms. The normalized spacial score (nSPS) is 13.2. The molecule has 1 atom stereocenters. The van der Waals surface area contributed by atoms with Crippen LogP contribution in [-0.4, -0.2) is 9.67 Å². The molecule has 0 spiro atoms. The first kappa shape index (κ1) is 13.4. The summed E-state index contributed by atoms with van der Waals surface area (Å²) in [5.41, 5.74) is 4.40. The van der Waals surface area contributed by atoms with Gasteiger partial charge in [0.1, 0.15) is 5.15 Å². The van der Waals surface area contributed by atoms with Crippen LogP contribution in [0.2, 0.25) is 5.15 Å². The van der Waals surface area contributed by atoms with E-state index in [0.29, 0.717) is 5.15 Å². The van der Waals surface area contributed by atoms with Crippen LogP contribution in [-0.2, 0) is 6.54 Å². The molecule has 1 unspecified atom stereocenters. The third-order valence-electron chi connectivity index (χ3n) is 3.34. The highest BCUT2D eigenvalue weighted by Crippen LogP contribution is 2.37. The van der Waals surface area contributed by atoms with Crippen LogP contribution >= 0.6 is 11.6 Å². The summed E-state index contributed by atoms with van der Waals surface area (Å²) < 4.78 is 2.11. The maximum Gasteiger partial charge on any atom is 0.115 e. The second-order valence-electron chi connectivity index (χ2n) is 5.01. The monoisotopic (exact) mass is 265 g/mol. The highest BCUT2D eigenvalue weighted by atomic mass is 35.5. The van der Waals surface area contributed by atoms with Crippen molar-refractivity contribution in [2.45, 2.75) is 46.8 Å². The highest BCUT2D eigenvalue weighted by Gasteiger charge is 2.20. The van der Waals surface area contributed by atoms with Crippen molar-refractivity contribution in [3.8, 4) is 0 Å². The Labute approximate surface area is 113 Å². The fourth-order valence-corrected chi connectivity index (χ4v) is 3.11. The molecule has 1 aromatic carbocycles. The van der Waals surface area contributed by atoms with E-state index in [1.807, 2.05) is 0 Å². The third kappa shape index (κ3) is 2.04. The number of hydrogen-bond acceptors (Lipinski definition) is 1. The predicted molar refractivity (Wildman–Crippen MR) is 77.3 cm³/mol. The fraction of sp³-hybridized carbons (Fsp3) is 0.467. The summed E-state index contributed by atoms with van der Waals surface area (Å²) in [7, 11) is 0. The molecule has 98 valence electrons. The van der Waals surface area contributed by atoms with E-state index < -0.39 is 6.10 Å². The zero-order chi connectivity index (χ0) is 13.4. The van der Waals surface area contributed by atoms with Crippen LogP contribution < -0.4 is 0 Å². The number of benzene rings is 1. The van der Waals surface area contributed by atoms with Crippen molar-refractivity contribution in [2.75, 3.05) is 0 Å². The molecule has 0 aliphatic rings. The Morgan fingerprint density at radius 1 is 1.33 bits per heavy atom. The minimum absolute atomic E-state index is 0.542. The molecule has 2 rings (SSSR count). The van der Waals surface area contributed by atoms with Crippen molar-refractivity contribution in [3.63, 3.8) is 0 Å². The standard InChI is InChI=1S/C15H20ClNO/c1-5-6-17-12-8-9(2)7-10(3)13(12)14(11(4)18)15(17)16/h7-8,11,18H,5-6H2,1-4H3. The van der Waals surface area contributed by atoms with E-state index in [1.54, 1.807) is 6.92 Å². The van der Waals surface area contributed by atoms with Crippen LogP contribution in [0, 0.1) is 13.8 Å². The number of halogens is 1. The highest BCUT2D eigenvalue weighted by molar-refractivity contribution is 6.32. The first-order valence-corrected chi connectivity index (χ1v) is 6.82. The second-order valence-corrected chi connectivity index (χ2v) is 5.37. The molecule has 18 heavy (non-hydrogen) atoms. The number of aryl methyl sites for hydroxylation is 3. The van der Waals surface area contributed by atoms with Gasteiger partial charge in [-0.3, -0.25) is 0 Å². The smallest absolute Gasteiger partial charge is 0.115 e. The molecule has 1 heterocycles. The summed E-state index contributed by atoms with van der Waals surface area (Å²) in [5, 5.41) is 11.8. The lowest BCUT2D eigenvalue weighted by atomic mass is 10.0. The van der Waals surface area contributed by atoms with E-state index in [9.17, 15) is 5.11 Å². The maximum atomic E-state index is 9.98. The number of aromatic nitrogens is 1. The van der Waals surface area contributed by atoms with E-state index in [2.05, 4.69) is 37.5 Å². The van der Waals surface area contributed by atoms with E-state index in [0.717, 1.165) is 29.4 Å². The Kier molecular flexibility index (Phi) is 3.69. The SMILES string of the molecule is CCCn1c(Cl)c(C(C)O)c2c(C)cc(C)cc21. The van der Waals surface area contributed by atoms with Crippen molar-refractivity contribution < 1.29 is 5.11 Å². The van der Waals surface area contributed by atoms with Crippen LogP contribution in [0.4, 0.5) is 0 Å². The third-order valence-corrected chi connectivity index (χ3v) is 3.75. The van der Waals surface area contributed by atoms with Crippen LogP contribution in [0.25, 0.3) is 10.9 Å². The van der Waals surface area contributed by atoms with Crippen LogP contribution in [0.3, 0.4) is 0 Å². The van der Waals surface area contributed by atoms with E-state index in [1.165, 1.54) is 11.1 Å².